The number of halogens is 2. The highest BCUT2D eigenvalue weighted by atomic mass is 19.3. The molecule has 0 amide bonds. The lowest BCUT2D eigenvalue weighted by molar-refractivity contribution is -0.0963. The van der Waals surface area contributed by atoms with E-state index >= 15 is 0 Å². The number of anilines is 1. The Morgan fingerprint density at radius 3 is 2.67 bits per heavy atom. The first-order valence-electron chi connectivity index (χ1n) is 8.13. The topological polar surface area (TPSA) is 57.7 Å². The SMILES string of the molecule is COC(=O)c1ccc(N2CCN(C3CCNCC3(F)F)CC2)cn1. The van der Waals surface area contributed by atoms with Gasteiger partial charge in [0.05, 0.1) is 31.6 Å². The molecule has 0 aliphatic carbocycles. The van der Waals surface area contributed by atoms with Gasteiger partial charge in [-0.1, -0.05) is 0 Å². The number of alkyl halides is 2. The maximum absolute atomic E-state index is 14.1. The van der Waals surface area contributed by atoms with Gasteiger partial charge >= 0.3 is 5.97 Å². The fourth-order valence-corrected chi connectivity index (χ4v) is 3.36. The Kier molecular flexibility index (Phi) is 4.96. The minimum absolute atomic E-state index is 0.239. The van der Waals surface area contributed by atoms with Crippen LogP contribution in [0.3, 0.4) is 0 Å². The summed E-state index contributed by atoms with van der Waals surface area (Å²) in [7, 11) is 1.31. The van der Waals surface area contributed by atoms with Crippen LogP contribution in [0.2, 0.25) is 0 Å². The van der Waals surface area contributed by atoms with Crippen molar-refractivity contribution >= 4 is 11.7 Å². The van der Waals surface area contributed by atoms with E-state index in [1.807, 2.05) is 11.0 Å². The van der Waals surface area contributed by atoms with Gasteiger partial charge in [-0.3, -0.25) is 4.90 Å². The summed E-state index contributed by atoms with van der Waals surface area (Å²) in [4.78, 5) is 19.5. The second-order valence-electron chi connectivity index (χ2n) is 6.16. The number of carbonyl (C=O) groups excluding carboxylic acids is 1. The number of ether oxygens (including phenoxy) is 1. The van der Waals surface area contributed by atoms with Crippen LogP contribution in [0, 0.1) is 0 Å². The monoisotopic (exact) mass is 340 g/mol. The molecule has 6 nitrogen and oxygen atoms in total. The fourth-order valence-electron chi connectivity index (χ4n) is 3.36. The smallest absolute Gasteiger partial charge is 0.356 e. The van der Waals surface area contributed by atoms with Crippen molar-refractivity contribution in [1.29, 1.82) is 0 Å². The first-order valence-corrected chi connectivity index (χ1v) is 8.13. The lowest BCUT2D eigenvalue weighted by Gasteiger charge is -2.44. The number of nitrogens with one attached hydrogen (secondary N) is 1. The van der Waals surface area contributed by atoms with Gasteiger partial charge < -0.3 is 15.0 Å². The Morgan fingerprint density at radius 1 is 1.33 bits per heavy atom. The number of hydrogen-bond acceptors (Lipinski definition) is 6. The van der Waals surface area contributed by atoms with Gasteiger partial charge in [0.15, 0.2) is 0 Å². The molecule has 2 aliphatic rings. The van der Waals surface area contributed by atoms with Crippen LogP contribution in [0.15, 0.2) is 18.3 Å². The summed E-state index contributed by atoms with van der Waals surface area (Å²) in [5, 5.41) is 2.76. The number of piperazine rings is 1. The van der Waals surface area contributed by atoms with Gasteiger partial charge in [0.25, 0.3) is 5.92 Å². The molecule has 3 rings (SSSR count). The van der Waals surface area contributed by atoms with E-state index in [2.05, 4.69) is 19.9 Å². The molecule has 1 aromatic rings. The van der Waals surface area contributed by atoms with Crippen LogP contribution in [0.4, 0.5) is 14.5 Å². The molecule has 0 aromatic carbocycles. The highest BCUT2D eigenvalue weighted by Gasteiger charge is 2.45. The summed E-state index contributed by atoms with van der Waals surface area (Å²) >= 11 is 0. The molecule has 3 heterocycles. The summed E-state index contributed by atoms with van der Waals surface area (Å²) in [6.07, 6.45) is 2.10. The number of carbonyl (C=O) groups is 1. The Hall–Kier alpha value is -1.80. The predicted molar refractivity (Wildman–Crippen MR) is 85.6 cm³/mol. The van der Waals surface area contributed by atoms with Gasteiger partial charge in [-0.05, 0) is 25.1 Å². The molecule has 1 N–H and O–H groups in total. The molecule has 0 bridgehead atoms. The second-order valence-corrected chi connectivity index (χ2v) is 6.16. The van der Waals surface area contributed by atoms with Crippen molar-refractivity contribution < 1.29 is 18.3 Å². The van der Waals surface area contributed by atoms with E-state index in [0.717, 1.165) is 5.69 Å². The third-order valence-corrected chi connectivity index (χ3v) is 4.71. The minimum atomic E-state index is -2.68. The molecule has 2 fully saturated rings. The number of nitrogens with zero attached hydrogens (tertiary/aromatic N) is 3. The summed E-state index contributed by atoms with van der Waals surface area (Å²) in [6.45, 7) is 2.92. The van der Waals surface area contributed by atoms with Gasteiger partial charge in [0, 0.05) is 26.2 Å². The molecule has 1 atom stereocenters. The van der Waals surface area contributed by atoms with Crippen LogP contribution in [-0.2, 0) is 4.74 Å². The summed E-state index contributed by atoms with van der Waals surface area (Å²) in [6, 6.07) is 2.75. The van der Waals surface area contributed by atoms with E-state index in [0.29, 0.717) is 39.1 Å². The third-order valence-electron chi connectivity index (χ3n) is 4.71. The van der Waals surface area contributed by atoms with Gasteiger partial charge in [0.1, 0.15) is 5.69 Å². The van der Waals surface area contributed by atoms with Crippen molar-refractivity contribution in [1.82, 2.24) is 15.2 Å². The van der Waals surface area contributed by atoms with Crippen molar-refractivity contribution in [3.63, 3.8) is 0 Å². The first-order chi connectivity index (χ1) is 11.5. The average Bonchev–Trinajstić information content (AvgIpc) is 2.61. The lowest BCUT2D eigenvalue weighted by atomic mass is 9.99. The zero-order valence-electron chi connectivity index (χ0n) is 13.7. The number of pyridine rings is 1. The molecule has 2 saturated heterocycles. The van der Waals surface area contributed by atoms with E-state index in [-0.39, 0.29) is 12.2 Å². The van der Waals surface area contributed by atoms with Crippen LogP contribution in [0.25, 0.3) is 0 Å². The fraction of sp³-hybridized carbons (Fsp3) is 0.625. The molecule has 0 radical (unpaired) electrons. The number of hydrogen-bond donors (Lipinski definition) is 1. The Balaban J connectivity index is 1.59. The lowest BCUT2D eigenvalue weighted by Crippen LogP contribution is -2.61. The van der Waals surface area contributed by atoms with Crippen LogP contribution < -0.4 is 10.2 Å². The number of rotatable bonds is 3. The third kappa shape index (κ3) is 3.49. The number of esters is 1. The average molecular weight is 340 g/mol. The standard InChI is InChI=1S/C16H22F2N4O2/c1-24-15(23)13-3-2-12(10-20-13)21-6-8-22(9-7-21)14-4-5-19-11-16(14,17)18/h2-3,10,14,19H,4-9,11H2,1H3. The zero-order valence-corrected chi connectivity index (χ0v) is 13.7. The van der Waals surface area contributed by atoms with Gasteiger partial charge in [0.2, 0.25) is 0 Å². The molecular weight excluding hydrogens is 318 g/mol. The number of methoxy groups -OCH3 is 1. The van der Waals surface area contributed by atoms with Gasteiger partial charge in [-0.2, -0.15) is 0 Å². The molecule has 24 heavy (non-hydrogen) atoms. The number of piperidine rings is 1. The molecule has 0 saturated carbocycles. The molecule has 2 aliphatic heterocycles. The predicted octanol–water partition coefficient (Wildman–Crippen LogP) is 0.987. The highest BCUT2D eigenvalue weighted by molar-refractivity contribution is 5.87. The summed E-state index contributed by atoms with van der Waals surface area (Å²) in [5.74, 6) is -3.15. The largest absolute Gasteiger partial charge is 0.464 e. The summed E-state index contributed by atoms with van der Waals surface area (Å²) < 4.78 is 32.7. The van der Waals surface area contributed by atoms with Crippen LogP contribution >= 0.6 is 0 Å². The Labute approximate surface area is 139 Å². The minimum Gasteiger partial charge on any atom is -0.464 e. The van der Waals surface area contributed by atoms with E-state index in [4.69, 9.17) is 0 Å². The number of aromatic nitrogens is 1. The van der Waals surface area contributed by atoms with Crippen LogP contribution in [-0.4, -0.2) is 74.2 Å². The molecule has 8 heteroatoms. The van der Waals surface area contributed by atoms with E-state index in [1.54, 1.807) is 12.3 Å². The molecule has 1 aromatic heterocycles. The summed E-state index contributed by atoms with van der Waals surface area (Å²) in [5.41, 5.74) is 1.15. The van der Waals surface area contributed by atoms with Crippen LogP contribution in [0.5, 0.6) is 0 Å². The Morgan fingerprint density at radius 2 is 2.08 bits per heavy atom. The normalized spacial score (nSPS) is 24.6. The Bertz CT molecular complexity index is 574. The van der Waals surface area contributed by atoms with Crippen molar-refractivity contribution in [3.05, 3.63) is 24.0 Å². The quantitative estimate of drug-likeness (QED) is 0.828. The van der Waals surface area contributed by atoms with Crippen molar-refractivity contribution in [2.75, 3.05) is 51.3 Å². The van der Waals surface area contributed by atoms with E-state index in [9.17, 15) is 13.6 Å². The molecular formula is C16H22F2N4O2. The van der Waals surface area contributed by atoms with Crippen molar-refractivity contribution in [2.45, 2.75) is 18.4 Å². The van der Waals surface area contributed by atoms with Crippen LogP contribution in [0.1, 0.15) is 16.9 Å². The maximum atomic E-state index is 14.1. The maximum Gasteiger partial charge on any atom is 0.356 e. The van der Waals surface area contributed by atoms with E-state index in [1.165, 1.54) is 7.11 Å². The highest BCUT2D eigenvalue weighted by Crippen LogP contribution is 2.29. The molecule has 1 unspecified atom stereocenters. The van der Waals surface area contributed by atoms with Gasteiger partial charge in [-0.25, -0.2) is 18.6 Å². The molecule has 132 valence electrons. The van der Waals surface area contributed by atoms with E-state index < -0.39 is 17.9 Å². The first kappa shape index (κ1) is 17.0. The molecule has 0 spiro atoms. The second kappa shape index (κ2) is 6.98. The van der Waals surface area contributed by atoms with Gasteiger partial charge in [-0.15, -0.1) is 0 Å². The zero-order chi connectivity index (χ0) is 17.2. The van der Waals surface area contributed by atoms with Crippen molar-refractivity contribution in [2.24, 2.45) is 0 Å². The van der Waals surface area contributed by atoms with Crippen molar-refractivity contribution in [3.8, 4) is 0 Å².